The second-order valence-corrected chi connectivity index (χ2v) is 5.76. The topological polar surface area (TPSA) is 134 Å². The van der Waals surface area contributed by atoms with Crippen molar-refractivity contribution in [2.75, 3.05) is 0 Å². The third kappa shape index (κ3) is 3.25. The Morgan fingerprint density at radius 2 is 2.04 bits per heavy atom. The summed E-state index contributed by atoms with van der Waals surface area (Å²) in [7, 11) is 0. The van der Waals surface area contributed by atoms with Crippen LogP contribution in [0.5, 0.6) is 0 Å². The predicted molar refractivity (Wildman–Crippen MR) is 81.2 cm³/mol. The van der Waals surface area contributed by atoms with Crippen LogP contribution in [0.15, 0.2) is 28.7 Å². The number of rotatable bonds is 5. The van der Waals surface area contributed by atoms with Crippen molar-refractivity contribution in [3.63, 3.8) is 0 Å². The van der Waals surface area contributed by atoms with Crippen LogP contribution in [0.2, 0.25) is 0 Å². The van der Waals surface area contributed by atoms with Crippen molar-refractivity contribution in [2.45, 2.75) is 37.8 Å². The molecular weight excluding hydrogens is 316 g/mol. The second-order valence-electron chi connectivity index (χ2n) is 5.76. The van der Waals surface area contributed by atoms with Gasteiger partial charge in [0.2, 0.25) is 5.89 Å². The van der Waals surface area contributed by atoms with Gasteiger partial charge < -0.3 is 14.9 Å². The van der Waals surface area contributed by atoms with Crippen molar-refractivity contribution < 1.29 is 18.9 Å². The number of nitrogens with two attached hydrogens (primary N) is 1. The number of carbonyl (C=O) groups is 1. The average Bonchev–Trinajstić information content (AvgIpc) is 3.01. The quantitative estimate of drug-likeness (QED) is 0.499. The molecule has 0 saturated heterocycles. The zero-order valence-corrected chi connectivity index (χ0v) is 12.9. The van der Waals surface area contributed by atoms with Gasteiger partial charge in [-0.1, -0.05) is 0 Å². The Morgan fingerprint density at radius 1 is 1.38 bits per heavy atom. The SMILES string of the molecule is C[C@H](OC(=O)c1ccc([N+](=O)[O-])cc1)c1nnc([C@H]2C[C@H](N)C2)o1. The first kappa shape index (κ1) is 16.1. The summed E-state index contributed by atoms with van der Waals surface area (Å²) in [5, 5.41) is 18.5. The molecule has 1 aliphatic carbocycles. The smallest absolute Gasteiger partial charge is 0.338 e. The monoisotopic (exact) mass is 332 g/mol. The largest absolute Gasteiger partial charge is 0.449 e. The number of nitro benzene ring substituents is 1. The molecular formula is C15H16N4O5. The van der Waals surface area contributed by atoms with E-state index in [-0.39, 0.29) is 29.1 Å². The number of hydrogen-bond acceptors (Lipinski definition) is 8. The summed E-state index contributed by atoms with van der Waals surface area (Å²) < 4.78 is 10.8. The summed E-state index contributed by atoms with van der Waals surface area (Å²) in [6.45, 7) is 1.62. The van der Waals surface area contributed by atoms with Crippen LogP contribution in [0.4, 0.5) is 5.69 Å². The van der Waals surface area contributed by atoms with E-state index in [0.29, 0.717) is 5.89 Å². The van der Waals surface area contributed by atoms with E-state index in [0.717, 1.165) is 12.8 Å². The summed E-state index contributed by atoms with van der Waals surface area (Å²) >= 11 is 0. The number of ether oxygens (including phenoxy) is 1. The van der Waals surface area contributed by atoms with Gasteiger partial charge in [0, 0.05) is 24.1 Å². The minimum atomic E-state index is -0.720. The van der Waals surface area contributed by atoms with Gasteiger partial charge in [0.15, 0.2) is 6.10 Å². The first-order valence-electron chi connectivity index (χ1n) is 7.48. The van der Waals surface area contributed by atoms with Gasteiger partial charge >= 0.3 is 5.97 Å². The maximum Gasteiger partial charge on any atom is 0.338 e. The van der Waals surface area contributed by atoms with Gasteiger partial charge in [-0.25, -0.2) is 4.79 Å². The Hall–Kier alpha value is -2.81. The highest BCUT2D eigenvalue weighted by Crippen LogP contribution is 2.35. The normalized spacial score (nSPS) is 20.9. The molecule has 0 bridgehead atoms. The Morgan fingerprint density at radius 3 is 2.62 bits per heavy atom. The molecule has 2 aromatic rings. The highest BCUT2D eigenvalue weighted by molar-refractivity contribution is 5.89. The van der Waals surface area contributed by atoms with E-state index in [1.807, 2.05) is 0 Å². The van der Waals surface area contributed by atoms with Gasteiger partial charge in [-0.3, -0.25) is 10.1 Å². The van der Waals surface area contributed by atoms with Crippen LogP contribution in [0, 0.1) is 10.1 Å². The van der Waals surface area contributed by atoms with E-state index in [9.17, 15) is 14.9 Å². The molecule has 2 N–H and O–H groups in total. The maximum atomic E-state index is 12.1. The van der Waals surface area contributed by atoms with E-state index in [4.69, 9.17) is 14.9 Å². The molecule has 1 aromatic heterocycles. The van der Waals surface area contributed by atoms with E-state index in [1.54, 1.807) is 6.92 Å². The molecule has 1 heterocycles. The van der Waals surface area contributed by atoms with Crippen LogP contribution in [-0.4, -0.2) is 27.1 Å². The second kappa shape index (κ2) is 6.36. The molecule has 0 amide bonds. The Labute approximate surface area is 137 Å². The zero-order chi connectivity index (χ0) is 17.3. The molecule has 1 aliphatic rings. The van der Waals surface area contributed by atoms with E-state index >= 15 is 0 Å². The van der Waals surface area contributed by atoms with Gasteiger partial charge in [0.1, 0.15) is 0 Å². The lowest BCUT2D eigenvalue weighted by atomic mass is 9.81. The number of carbonyl (C=O) groups excluding carboxylic acids is 1. The molecule has 1 aromatic carbocycles. The number of aromatic nitrogens is 2. The van der Waals surface area contributed by atoms with Crippen molar-refractivity contribution in [1.82, 2.24) is 10.2 Å². The van der Waals surface area contributed by atoms with Crippen molar-refractivity contribution in [3.05, 3.63) is 51.7 Å². The van der Waals surface area contributed by atoms with Crippen LogP contribution in [-0.2, 0) is 4.74 Å². The molecule has 126 valence electrons. The summed E-state index contributed by atoms with van der Waals surface area (Å²) in [4.78, 5) is 22.1. The lowest BCUT2D eigenvalue weighted by Crippen LogP contribution is -2.34. The molecule has 1 fully saturated rings. The van der Waals surface area contributed by atoms with Crippen LogP contribution in [0.3, 0.4) is 0 Å². The fourth-order valence-electron chi connectivity index (χ4n) is 2.44. The fourth-order valence-corrected chi connectivity index (χ4v) is 2.44. The van der Waals surface area contributed by atoms with Crippen molar-refractivity contribution >= 4 is 11.7 Å². The number of esters is 1. The third-order valence-corrected chi connectivity index (χ3v) is 3.93. The highest BCUT2D eigenvalue weighted by Gasteiger charge is 2.32. The molecule has 1 saturated carbocycles. The number of nitrogens with zero attached hydrogens (tertiary/aromatic N) is 3. The van der Waals surface area contributed by atoms with E-state index in [2.05, 4.69) is 10.2 Å². The Bertz CT molecular complexity index is 751. The number of benzene rings is 1. The number of hydrogen-bond donors (Lipinski definition) is 1. The summed E-state index contributed by atoms with van der Waals surface area (Å²) in [5.74, 6) is 0.257. The number of nitro groups is 1. The Balaban J connectivity index is 1.62. The first-order chi connectivity index (χ1) is 11.4. The third-order valence-electron chi connectivity index (χ3n) is 3.93. The summed E-state index contributed by atoms with van der Waals surface area (Å²) in [5.41, 5.74) is 5.84. The molecule has 9 nitrogen and oxygen atoms in total. The average molecular weight is 332 g/mol. The summed E-state index contributed by atoms with van der Waals surface area (Å²) in [6, 6.07) is 5.32. The molecule has 3 rings (SSSR count). The Kier molecular flexibility index (Phi) is 4.26. The van der Waals surface area contributed by atoms with Crippen LogP contribution < -0.4 is 5.73 Å². The zero-order valence-electron chi connectivity index (χ0n) is 12.9. The van der Waals surface area contributed by atoms with Crippen molar-refractivity contribution in [2.24, 2.45) is 5.73 Å². The lowest BCUT2D eigenvalue weighted by Gasteiger charge is -2.29. The predicted octanol–water partition coefficient (Wildman–Crippen LogP) is 2.10. The molecule has 1 atom stereocenters. The van der Waals surface area contributed by atoms with Crippen molar-refractivity contribution in [1.29, 1.82) is 0 Å². The lowest BCUT2D eigenvalue weighted by molar-refractivity contribution is -0.384. The molecule has 0 radical (unpaired) electrons. The van der Waals surface area contributed by atoms with Gasteiger partial charge in [-0.05, 0) is 31.9 Å². The molecule has 0 unspecified atom stereocenters. The molecule has 0 aliphatic heterocycles. The van der Waals surface area contributed by atoms with E-state index in [1.165, 1.54) is 24.3 Å². The minimum Gasteiger partial charge on any atom is -0.449 e. The summed E-state index contributed by atoms with van der Waals surface area (Å²) in [6.07, 6.45) is 0.889. The highest BCUT2D eigenvalue weighted by atomic mass is 16.6. The minimum absolute atomic E-state index is 0.0974. The molecule has 0 spiro atoms. The first-order valence-corrected chi connectivity index (χ1v) is 7.48. The van der Waals surface area contributed by atoms with Crippen LogP contribution >= 0.6 is 0 Å². The van der Waals surface area contributed by atoms with Crippen LogP contribution in [0.25, 0.3) is 0 Å². The van der Waals surface area contributed by atoms with Gasteiger partial charge in [-0.2, -0.15) is 0 Å². The van der Waals surface area contributed by atoms with Gasteiger partial charge in [-0.15, -0.1) is 10.2 Å². The van der Waals surface area contributed by atoms with Crippen molar-refractivity contribution in [3.8, 4) is 0 Å². The van der Waals surface area contributed by atoms with E-state index < -0.39 is 17.0 Å². The van der Waals surface area contributed by atoms with Gasteiger partial charge in [0.05, 0.1) is 10.5 Å². The molecule has 24 heavy (non-hydrogen) atoms. The fraction of sp³-hybridized carbons (Fsp3) is 0.400. The van der Waals surface area contributed by atoms with Gasteiger partial charge in [0.25, 0.3) is 11.6 Å². The number of non-ortho nitro benzene ring substituents is 1. The standard InChI is InChI=1S/C15H16N4O5/c1-8(13-17-18-14(24-13)10-6-11(16)7-10)23-15(20)9-2-4-12(5-3-9)19(21)22/h2-5,8,10-11H,6-7,16H2,1H3/t8-,10-,11-/m0/s1. The van der Waals surface area contributed by atoms with Crippen LogP contribution in [0.1, 0.15) is 53.9 Å². The maximum absolute atomic E-state index is 12.1. The molecule has 9 heteroatoms.